The van der Waals surface area contributed by atoms with Gasteiger partial charge >= 0.3 is 5.97 Å². The highest BCUT2D eigenvalue weighted by atomic mass is 16.4. The van der Waals surface area contributed by atoms with E-state index in [9.17, 15) is 49.5 Å². The Kier molecular flexibility index (Phi) is 13.9. The lowest BCUT2D eigenvalue weighted by molar-refractivity contribution is -0.142. The van der Waals surface area contributed by atoms with Crippen LogP contribution in [0.5, 0.6) is 23.0 Å². The Morgan fingerprint density at radius 1 is 0.463 bits per heavy atom. The zero-order valence-corrected chi connectivity index (χ0v) is 29.3. The number of benzene rings is 4. The number of rotatable bonds is 17. The number of aromatic hydroxyl groups is 4. The number of carboxylic acids is 1. The van der Waals surface area contributed by atoms with Gasteiger partial charge in [-0.3, -0.25) is 19.2 Å². The molecule has 4 amide bonds. The van der Waals surface area contributed by atoms with Gasteiger partial charge in [0, 0.05) is 19.3 Å². The van der Waals surface area contributed by atoms with Crippen LogP contribution in [-0.2, 0) is 49.7 Å². The highest BCUT2D eigenvalue weighted by Gasteiger charge is 2.31. The molecule has 5 atom stereocenters. The van der Waals surface area contributed by atoms with Crippen molar-refractivity contribution < 1.29 is 49.5 Å². The van der Waals surface area contributed by atoms with Crippen LogP contribution >= 0.6 is 0 Å². The van der Waals surface area contributed by atoms with Gasteiger partial charge in [-0.25, -0.2) is 4.79 Å². The van der Waals surface area contributed by atoms with Crippen LogP contribution in [0.4, 0.5) is 0 Å². The monoisotopic (exact) mass is 741 g/mol. The number of aliphatic carboxylic acids is 1. The van der Waals surface area contributed by atoms with E-state index in [-0.39, 0.29) is 48.7 Å². The number of nitrogens with one attached hydrogen (secondary N) is 4. The van der Waals surface area contributed by atoms with Gasteiger partial charge in [0.05, 0.1) is 6.04 Å². The molecule has 0 aliphatic rings. The van der Waals surface area contributed by atoms with Crippen molar-refractivity contribution >= 4 is 29.6 Å². The summed E-state index contributed by atoms with van der Waals surface area (Å²) in [5.41, 5.74) is 8.44. The van der Waals surface area contributed by atoms with Gasteiger partial charge in [0.2, 0.25) is 23.6 Å². The lowest BCUT2D eigenvalue weighted by Gasteiger charge is -2.25. The minimum atomic E-state index is -1.40. The first-order valence-corrected chi connectivity index (χ1v) is 17.0. The van der Waals surface area contributed by atoms with E-state index in [1.807, 2.05) is 0 Å². The second kappa shape index (κ2) is 18.8. The van der Waals surface area contributed by atoms with E-state index in [0.29, 0.717) is 22.3 Å². The van der Waals surface area contributed by atoms with Crippen LogP contribution in [0.1, 0.15) is 29.2 Å². The topological polar surface area (TPSA) is 261 Å². The molecule has 0 aliphatic heterocycles. The molecule has 0 bridgehead atoms. The van der Waals surface area contributed by atoms with Crippen molar-refractivity contribution in [3.8, 4) is 23.0 Å². The second-order valence-electron chi connectivity index (χ2n) is 12.8. The maximum atomic E-state index is 13.6. The van der Waals surface area contributed by atoms with Crippen LogP contribution in [-0.4, -0.2) is 85.3 Å². The van der Waals surface area contributed by atoms with Crippen molar-refractivity contribution in [3.63, 3.8) is 0 Å². The zero-order valence-electron chi connectivity index (χ0n) is 29.3. The number of carbonyl (C=O) groups is 5. The summed E-state index contributed by atoms with van der Waals surface area (Å²) in [6.07, 6.45) is -0.175. The number of carboxylic acid groups (broad SMARTS) is 1. The van der Waals surface area contributed by atoms with Crippen molar-refractivity contribution in [2.75, 3.05) is 0 Å². The summed E-state index contributed by atoms with van der Waals surface area (Å²) < 4.78 is 0. The number of nitrogens with two attached hydrogens (primary N) is 1. The fourth-order valence-corrected chi connectivity index (χ4v) is 5.43. The summed E-state index contributed by atoms with van der Waals surface area (Å²) in [5, 5.41) is 58.7. The first-order chi connectivity index (χ1) is 25.7. The van der Waals surface area contributed by atoms with Gasteiger partial charge in [0.1, 0.15) is 47.2 Å². The summed E-state index contributed by atoms with van der Waals surface area (Å²) >= 11 is 0. The fourth-order valence-electron chi connectivity index (χ4n) is 5.43. The number of phenolic OH excluding ortho intramolecular Hbond substituents is 4. The molecule has 15 heteroatoms. The normalized spacial score (nSPS) is 13.7. The van der Waals surface area contributed by atoms with E-state index in [4.69, 9.17) is 5.73 Å². The molecule has 0 saturated carbocycles. The third-order valence-corrected chi connectivity index (χ3v) is 8.49. The molecule has 0 aromatic heterocycles. The fraction of sp³-hybridized carbons (Fsp3) is 0.256. The highest BCUT2D eigenvalue weighted by Crippen LogP contribution is 2.16. The first-order valence-electron chi connectivity index (χ1n) is 17.0. The Morgan fingerprint density at radius 2 is 0.759 bits per heavy atom. The van der Waals surface area contributed by atoms with E-state index in [1.54, 1.807) is 24.3 Å². The van der Waals surface area contributed by atoms with Gasteiger partial charge < -0.3 is 52.5 Å². The maximum Gasteiger partial charge on any atom is 0.326 e. The Bertz CT molecular complexity index is 1900. The average Bonchev–Trinajstić information content (AvgIpc) is 3.14. The average molecular weight is 742 g/mol. The quantitative estimate of drug-likeness (QED) is 0.0734. The van der Waals surface area contributed by atoms with Crippen LogP contribution in [0.2, 0.25) is 0 Å². The second-order valence-corrected chi connectivity index (χ2v) is 12.8. The number of amides is 4. The number of phenols is 4. The zero-order chi connectivity index (χ0) is 39.4. The minimum Gasteiger partial charge on any atom is -0.508 e. The molecule has 15 nitrogen and oxygen atoms in total. The standard InChI is InChI=1S/C39H43N5O10/c1-22(41-37(51)32(19-24-4-12-28(46)13-5-24)43-36(50)31(40)18-23-2-10-27(45)11-3-23)35(49)42-33(20-25-6-14-29(47)15-7-25)38(52)44-34(39(53)54)21-26-8-16-30(48)17-9-26/h2-17,22,31-34,45-48H,18-21,40H2,1H3,(H,41,51)(H,42,49)(H,43,50)(H,44,52)(H,53,54)/t22-,31-,32-,33-,34-/m1/s1. The van der Waals surface area contributed by atoms with Crippen molar-refractivity contribution in [1.82, 2.24) is 21.3 Å². The summed E-state index contributed by atoms with van der Waals surface area (Å²) in [4.78, 5) is 66.0. The van der Waals surface area contributed by atoms with Gasteiger partial charge in [0.15, 0.2) is 0 Å². The molecule has 0 radical (unpaired) electrons. The summed E-state index contributed by atoms with van der Waals surface area (Å²) in [5.74, 6) is -4.40. The Morgan fingerprint density at radius 3 is 1.13 bits per heavy atom. The van der Waals surface area contributed by atoms with Crippen LogP contribution in [0.3, 0.4) is 0 Å². The molecule has 4 rings (SSSR count). The molecule has 0 saturated heterocycles. The molecular formula is C39H43N5O10. The molecule has 0 fully saturated rings. The first kappa shape index (κ1) is 40.2. The van der Waals surface area contributed by atoms with Gasteiger partial charge in [-0.15, -0.1) is 0 Å². The predicted octanol–water partition coefficient (Wildman–Crippen LogP) is 1.15. The smallest absolute Gasteiger partial charge is 0.326 e. The molecule has 11 N–H and O–H groups in total. The molecule has 0 spiro atoms. The number of hydrogen-bond acceptors (Lipinski definition) is 10. The molecule has 4 aromatic carbocycles. The summed E-state index contributed by atoms with van der Waals surface area (Å²) in [6, 6.07) is 17.4. The SMILES string of the molecule is C[C@@H](NC(=O)[C@@H](Cc1ccc(O)cc1)NC(=O)[C@H](N)Cc1ccc(O)cc1)C(=O)N[C@H](Cc1ccc(O)cc1)C(=O)N[C@H](Cc1ccc(O)cc1)C(=O)O. The molecule has 54 heavy (non-hydrogen) atoms. The van der Waals surface area contributed by atoms with E-state index in [0.717, 1.165) is 0 Å². The van der Waals surface area contributed by atoms with Gasteiger partial charge in [-0.1, -0.05) is 48.5 Å². The maximum absolute atomic E-state index is 13.6. The predicted molar refractivity (Wildman–Crippen MR) is 196 cm³/mol. The molecule has 0 aliphatic carbocycles. The Labute approximate surface area is 310 Å². The van der Waals surface area contributed by atoms with E-state index >= 15 is 0 Å². The third kappa shape index (κ3) is 12.3. The van der Waals surface area contributed by atoms with Crippen LogP contribution in [0.25, 0.3) is 0 Å². The lowest BCUT2D eigenvalue weighted by Crippen LogP contribution is -2.58. The van der Waals surface area contributed by atoms with Gasteiger partial charge in [-0.05, 0) is 84.1 Å². The van der Waals surface area contributed by atoms with E-state index < -0.39 is 59.8 Å². The molecular weight excluding hydrogens is 698 g/mol. The third-order valence-electron chi connectivity index (χ3n) is 8.49. The van der Waals surface area contributed by atoms with E-state index in [1.165, 1.54) is 79.7 Å². The number of hydrogen-bond donors (Lipinski definition) is 10. The Balaban J connectivity index is 1.48. The molecule has 0 unspecified atom stereocenters. The molecule has 4 aromatic rings. The van der Waals surface area contributed by atoms with Crippen molar-refractivity contribution in [2.24, 2.45) is 5.73 Å². The van der Waals surface area contributed by atoms with Crippen molar-refractivity contribution in [1.29, 1.82) is 0 Å². The largest absolute Gasteiger partial charge is 0.508 e. The van der Waals surface area contributed by atoms with Crippen molar-refractivity contribution in [3.05, 3.63) is 119 Å². The molecule has 284 valence electrons. The molecule has 0 heterocycles. The minimum absolute atomic E-state index is 0.00840. The van der Waals surface area contributed by atoms with Crippen LogP contribution in [0, 0.1) is 0 Å². The Hall–Kier alpha value is -6.61. The summed E-state index contributed by atoms with van der Waals surface area (Å²) in [6.45, 7) is 1.36. The summed E-state index contributed by atoms with van der Waals surface area (Å²) in [7, 11) is 0. The van der Waals surface area contributed by atoms with Gasteiger partial charge in [-0.2, -0.15) is 0 Å². The highest BCUT2D eigenvalue weighted by molar-refractivity contribution is 5.95. The number of carbonyl (C=O) groups excluding carboxylic acids is 4. The van der Waals surface area contributed by atoms with Crippen LogP contribution in [0.15, 0.2) is 97.1 Å². The van der Waals surface area contributed by atoms with E-state index in [2.05, 4.69) is 21.3 Å². The van der Waals surface area contributed by atoms with Gasteiger partial charge in [0.25, 0.3) is 0 Å². The van der Waals surface area contributed by atoms with Crippen LogP contribution < -0.4 is 27.0 Å². The lowest BCUT2D eigenvalue weighted by atomic mass is 10.0. The van der Waals surface area contributed by atoms with Crippen molar-refractivity contribution in [2.45, 2.75) is 62.8 Å².